The Kier molecular flexibility index (Phi) is 6.21. The smallest absolute Gasteiger partial charge is 0.337 e. The number of sulfonamides is 1. The normalized spacial score (nSPS) is 15.8. The summed E-state index contributed by atoms with van der Waals surface area (Å²) in [6.45, 7) is 3.53. The lowest BCUT2D eigenvalue weighted by Crippen LogP contribution is -2.29. The molecule has 7 nitrogen and oxygen atoms in total. The fourth-order valence-corrected chi connectivity index (χ4v) is 4.51. The first-order valence-electron chi connectivity index (χ1n) is 9.19. The van der Waals surface area contributed by atoms with Crippen molar-refractivity contribution in [3.05, 3.63) is 59.7 Å². The van der Waals surface area contributed by atoms with Crippen LogP contribution in [0.3, 0.4) is 0 Å². The van der Waals surface area contributed by atoms with E-state index >= 15 is 0 Å². The molecule has 0 radical (unpaired) electrons. The Hall–Kier alpha value is -2.58. The molecule has 0 bridgehead atoms. The predicted octanol–water partition coefficient (Wildman–Crippen LogP) is 2.47. The molecule has 2 N–H and O–H groups in total. The summed E-state index contributed by atoms with van der Waals surface area (Å²) in [5.74, 6) is -1.38. The van der Waals surface area contributed by atoms with Crippen molar-refractivity contribution in [1.29, 1.82) is 0 Å². The molecule has 0 aliphatic carbocycles. The number of likely N-dealkylation sites (N-methyl/N-ethyl adjacent to an activating group) is 1. The molecular formula is C20H25N3O4S. The quantitative estimate of drug-likeness (QED) is 0.770. The van der Waals surface area contributed by atoms with Crippen LogP contribution >= 0.6 is 0 Å². The number of benzene rings is 2. The zero-order chi connectivity index (χ0) is 20.1. The van der Waals surface area contributed by atoms with Crippen LogP contribution in [0.4, 0.5) is 11.4 Å². The monoisotopic (exact) mass is 403 g/mol. The molecule has 150 valence electrons. The van der Waals surface area contributed by atoms with E-state index in [2.05, 4.69) is 21.6 Å². The number of hydrogen-bond acceptors (Lipinski definition) is 5. The zero-order valence-corrected chi connectivity index (χ0v) is 16.7. The SMILES string of the molecule is CN1CCCN(c2ccc(NS(=O)(=O)Cc3ccccc3)c(C(=O)O)c2)CC1. The van der Waals surface area contributed by atoms with E-state index in [0.717, 1.165) is 38.3 Å². The fourth-order valence-electron chi connectivity index (χ4n) is 3.30. The van der Waals surface area contributed by atoms with Crippen molar-refractivity contribution >= 4 is 27.4 Å². The molecule has 1 saturated heterocycles. The lowest BCUT2D eigenvalue weighted by molar-refractivity contribution is 0.0698. The van der Waals surface area contributed by atoms with Gasteiger partial charge < -0.3 is 14.9 Å². The van der Waals surface area contributed by atoms with Crippen molar-refractivity contribution in [2.75, 3.05) is 42.8 Å². The summed E-state index contributed by atoms with van der Waals surface area (Å²) in [6.07, 6.45) is 0.990. The lowest BCUT2D eigenvalue weighted by atomic mass is 10.1. The highest BCUT2D eigenvalue weighted by Crippen LogP contribution is 2.26. The maximum absolute atomic E-state index is 12.5. The van der Waals surface area contributed by atoms with Gasteiger partial charge in [-0.3, -0.25) is 4.72 Å². The minimum absolute atomic E-state index is 0.0493. The second-order valence-corrected chi connectivity index (χ2v) is 8.75. The van der Waals surface area contributed by atoms with E-state index in [9.17, 15) is 18.3 Å². The van der Waals surface area contributed by atoms with Crippen LogP contribution in [0.2, 0.25) is 0 Å². The fraction of sp³-hybridized carbons (Fsp3) is 0.350. The first-order chi connectivity index (χ1) is 13.3. The minimum Gasteiger partial charge on any atom is -0.478 e. The van der Waals surface area contributed by atoms with Crippen molar-refractivity contribution in [2.45, 2.75) is 12.2 Å². The summed E-state index contributed by atoms with van der Waals surface area (Å²) in [4.78, 5) is 16.1. The summed E-state index contributed by atoms with van der Waals surface area (Å²) < 4.78 is 27.4. The van der Waals surface area contributed by atoms with E-state index in [1.54, 1.807) is 36.4 Å². The van der Waals surface area contributed by atoms with E-state index in [4.69, 9.17) is 0 Å². The molecule has 0 unspecified atom stereocenters. The van der Waals surface area contributed by atoms with Crippen molar-refractivity contribution < 1.29 is 18.3 Å². The van der Waals surface area contributed by atoms with Gasteiger partial charge in [0.2, 0.25) is 10.0 Å². The Labute approximate surface area is 165 Å². The highest BCUT2D eigenvalue weighted by Gasteiger charge is 2.20. The van der Waals surface area contributed by atoms with Gasteiger partial charge >= 0.3 is 5.97 Å². The molecule has 0 spiro atoms. The minimum atomic E-state index is -3.73. The number of carboxylic acid groups (broad SMARTS) is 1. The molecule has 2 aromatic carbocycles. The van der Waals surface area contributed by atoms with Crippen molar-refractivity contribution in [2.24, 2.45) is 0 Å². The van der Waals surface area contributed by atoms with E-state index < -0.39 is 16.0 Å². The summed E-state index contributed by atoms with van der Waals surface area (Å²) in [7, 11) is -1.66. The van der Waals surface area contributed by atoms with E-state index in [1.807, 2.05) is 6.07 Å². The average molecular weight is 404 g/mol. The standard InChI is InChI=1S/C20H25N3O4S/c1-22-10-5-11-23(13-12-22)17-8-9-19(18(14-17)20(24)25)21-28(26,27)15-16-6-3-2-4-7-16/h2-4,6-9,14,21H,5,10-13,15H2,1H3,(H,24,25). The van der Waals surface area contributed by atoms with Gasteiger partial charge in [0.05, 0.1) is 17.0 Å². The molecule has 3 rings (SSSR count). The van der Waals surface area contributed by atoms with Crippen LogP contribution in [0.25, 0.3) is 0 Å². The molecule has 0 atom stereocenters. The number of carbonyl (C=O) groups is 1. The van der Waals surface area contributed by atoms with Crippen LogP contribution < -0.4 is 9.62 Å². The lowest BCUT2D eigenvalue weighted by Gasteiger charge is -2.24. The second-order valence-electron chi connectivity index (χ2n) is 7.03. The van der Waals surface area contributed by atoms with Gasteiger partial charge in [-0.25, -0.2) is 13.2 Å². The summed E-state index contributed by atoms with van der Waals surface area (Å²) in [5, 5.41) is 9.61. The summed E-state index contributed by atoms with van der Waals surface area (Å²) in [5.41, 5.74) is 1.46. The maximum atomic E-state index is 12.5. The van der Waals surface area contributed by atoms with Crippen molar-refractivity contribution in [3.8, 4) is 0 Å². The molecule has 2 aromatic rings. The van der Waals surface area contributed by atoms with Crippen LogP contribution in [-0.4, -0.2) is 57.6 Å². The van der Waals surface area contributed by atoms with Gasteiger partial charge in [0.25, 0.3) is 0 Å². The van der Waals surface area contributed by atoms with Crippen molar-refractivity contribution in [1.82, 2.24) is 4.90 Å². The molecule has 0 amide bonds. The third kappa shape index (κ3) is 5.24. The highest BCUT2D eigenvalue weighted by molar-refractivity contribution is 7.91. The van der Waals surface area contributed by atoms with E-state index in [1.165, 1.54) is 6.07 Å². The van der Waals surface area contributed by atoms with Crippen LogP contribution in [0.15, 0.2) is 48.5 Å². The van der Waals surface area contributed by atoms with Gasteiger partial charge in [0.15, 0.2) is 0 Å². The number of carboxylic acids is 1. The molecule has 1 fully saturated rings. The Morgan fingerprint density at radius 3 is 2.54 bits per heavy atom. The van der Waals surface area contributed by atoms with Crippen LogP contribution in [0, 0.1) is 0 Å². The average Bonchev–Trinajstić information content (AvgIpc) is 2.86. The number of nitrogens with zero attached hydrogens (tertiary/aromatic N) is 2. The zero-order valence-electron chi connectivity index (χ0n) is 15.8. The Morgan fingerprint density at radius 1 is 1.07 bits per heavy atom. The van der Waals surface area contributed by atoms with Gasteiger partial charge in [0.1, 0.15) is 0 Å². The number of hydrogen-bond donors (Lipinski definition) is 2. The van der Waals surface area contributed by atoms with Gasteiger partial charge in [0, 0.05) is 25.3 Å². The first-order valence-corrected chi connectivity index (χ1v) is 10.8. The number of rotatable bonds is 6. The topological polar surface area (TPSA) is 90.0 Å². The number of anilines is 2. The summed E-state index contributed by atoms with van der Waals surface area (Å²) >= 11 is 0. The van der Waals surface area contributed by atoms with Gasteiger partial charge in [-0.05, 0) is 43.8 Å². The Balaban J connectivity index is 1.82. The molecular weight excluding hydrogens is 378 g/mol. The van der Waals surface area contributed by atoms with Crippen LogP contribution in [0.1, 0.15) is 22.3 Å². The van der Waals surface area contributed by atoms with Crippen molar-refractivity contribution in [3.63, 3.8) is 0 Å². The van der Waals surface area contributed by atoms with Crippen LogP contribution in [0.5, 0.6) is 0 Å². The molecule has 0 aromatic heterocycles. The first kappa shape index (κ1) is 20.2. The summed E-state index contributed by atoms with van der Waals surface area (Å²) in [6, 6.07) is 13.6. The molecule has 1 aliphatic rings. The number of aromatic carboxylic acids is 1. The molecule has 8 heteroatoms. The Bertz CT molecular complexity index is 932. The van der Waals surface area contributed by atoms with Gasteiger partial charge in [-0.15, -0.1) is 0 Å². The molecule has 1 heterocycles. The largest absolute Gasteiger partial charge is 0.478 e. The third-order valence-corrected chi connectivity index (χ3v) is 6.03. The van der Waals surface area contributed by atoms with Gasteiger partial charge in [-0.1, -0.05) is 30.3 Å². The number of nitrogens with one attached hydrogen (secondary N) is 1. The van der Waals surface area contributed by atoms with Gasteiger partial charge in [-0.2, -0.15) is 0 Å². The van der Waals surface area contributed by atoms with E-state index in [0.29, 0.717) is 5.56 Å². The maximum Gasteiger partial charge on any atom is 0.337 e. The predicted molar refractivity (Wildman–Crippen MR) is 110 cm³/mol. The van der Waals surface area contributed by atoms with Crippen LogP contribution in [-0.2, 0) is 15.8 Å². The second kappa shape index (κ2) is 8.62. The van der Waals surface area contributed by atoms with E-state index in [-0.39, 0.29) is 17.0 Å². The third-order valence-electron chi connectivity index (χ3n) is 4.78. The molecule has 1 aliphatic heterocycles. The highest BCUT2D eigenvalue weighted by atomic mass is 32.2. The molecule has 28 heavy (non-hydrogen) atoms. The Morgan fingerprint density at radius 2 is 1.82 bits per heavy atom. The molecule has 0 saturated carbocycles.